The quantitative estimate of drug-likeness (QED) is 0.580. The van der Waals surface area contributed by atoms with Gasteiger partial charge >= 0.3 is 0 Å². The van der Waals surface area contributed by atoms with Gasteiger partial charge in [0.25, 0.3) is 0 Å². The van der Waals surface area contributed by atoms with E-state index in [-0.39, 0.29) is 6.61 Å². The van der Waals surface area contributed by atoms with Crippen molar-refractivity contribution in [1.29, 1.82) is 0 Å². The largest absolute Gasteiger partial charge is 0.396 e. The lowest BCUT2D eigenvalue weighted by Crippen LogP contribution is -2.34. The Hall–Kier alpha value is -0.120. The van der Waals surface area contributed by atoms with Crippen LogP contribution in [0.25, 0.3) is 0 Å². The Morgan fingerprint density at radius 2 is 1.91 bits per heavy atom. The molecule has 2 aliphatic rings. The maximum Gasteiger partial charge on any atom is 0.0634 e. The minimum absolute atomic E-state index is 0.239. The van der Waals surface area contributed by atoms with E-state index in [1.165, 1.54) is 0 Å². The lowest BCUT2D eigenvalue weighted by Gasteiger charge is -2.24. The van der Waals surface area contributed by atoms with Gasteiger partial charge in [0.05, 0.1) is 12.2 Å². The molecule has 0 aromatic carbocycles. The van der Waals surface area contributed by atoms with Crippen LogP contribution < -0.4 is 5.73 Å². The van der Waals surface area contributed by atoms with Crippen molar-refractivity contribution >= 4 is 0 Å². The zero-order valence-electron chi connectivity index (χ0n) is 6.57. The number of ether oxygens (including phenoxy) is 1. The van der Waals surface area contributed by atoms with Crippen molar-refractivity contribution < 1.29 is 9.84 Å². The van der Waals surface area contributed by atoms with Gasteiger partial charge in [0.15, 0.2) is 0 Å². The van der Waals surface area contributed by atoms with Gasteiger partial charge in [-0.15, -0.1) is 0 Å². The summed E-state index contributed by atoms with van der Waals surface area (Å²) in [5.41, 5.74) is 5.60. The summed E-state index contributed by atoms with van der Waals surface area (Å²) in [7, 11) is 0. The molecule has 2 fully saturated rings. The van der Waals surface area contributed by atoms with E-state index in [1.54, 1.807) is 0 Å². The van der Waals surface area contributed by atoms with Crippen LogP contribution in [0.1, 0.15) is 12.8 Å². The van der Waals surface area contributed by atoms with Gasteiger partial charge in [-0.05, 0) is 19.4 Å². The van der Waals surface area contributed by atoms with Gasteiger partial charge in [0, 0.05) is 18.4 Å². The normalized spacial score (nSPS) is 48.5. The molecule has 2 rings (SSSR count). The van der Waals surface area contributed by atoms with Crippen LogP contribution in [0.15, 0.2) is 0 Å². The maximum atomic E-state index is 9.05. The number of fused-ring (bicyclic) bond motifs is 2. The zero-order valence-corrected chi connectivity index (χ0v) is 6.57. The third kappa shape index (κ3) is 0.991. The summed E-state index contributed by atoms with van der Waals surface area (Å²) < 4.78 is 5.64. The van der Waals surface area contributed by atoms with Crippen LogP contribution in [0, 0.1) is 11.8 Å². The van der Waals surface area contributed by atoms with Crippen LogP contribution >= 0.6 is 0 Å². The van der Waals surface area contributed by atoms with Crippen LogP contribution in [0.3, 0.4) is 0 Å². The summed E-state index contributed by atoms with van der Waals surface area (Å²) in [6.07, 6.45) is 2.91. The van der Waals surface area contributed by atoms with E-state index in [4.69, 9.17) is 15.6 Å². The van der Waals surface area contributed by atoms with Crippen LogP contribution in [-0.4, -0.2) is 30.5 Å². The van der Waals surface area contributed by atoms with Crippen molar-refractivity contribution in [2.75, 3.05) is 13.2 Å². The van der Waals surface area contributed by atoms with Gasteiger partial charge in [0.1, 0.15) is 0 Å². The van der Waals surface area contributed by atoms with Crippen LogP contribution in [0.4, 0.5) is 0 Å². The predicted octanol–water partition coefficient (Wildman–Crippen LogP) is -0.269. The Morgan fingerprint density at radius 3 is 2.36 bits per heavy atom. The summed E-state index contributed by atoms with van der Waals surface area (Å²) in [5.74, 6) is 0.734. The highest BCUT2D eigenvalue weighted by atomic mass is 16.5. The third-order valence-corrected chi connectivity index (χ3v) is 3.07. The molecule has 0 amide bonds. The first-order chi connectivity index (χ1) is 5.36. The topological polar surface area (TPSA) is 55.5 Å². The van der Waals surface area contributed by atoms with E-state index in [0.717, 1.165) is 12.8 Å². The average molecular weight is 157 g/mol. The van der Waals surface area contributed by atoms with Gasteiger partial charge in [-0.2, -0.15) is 0 Å². The molecule has 0 unspecified atom stereocenters. The lowest BCUT2D eigenvalue weighted by molar-refractivity contribution is 0.0787. The minimum atomic E-state index is 0.239. The number of aliphatic hydroxyl groups is 1. The van der Waals surface area contributed by atoms with Crippen molar-refractivity contribution in [3.63, 3.8) is 0 Å². The van der Waals surface area contributed by atoms with Gasteiger partial charge in [-0.3, -0.25) is 0 Å². The molecule has 11 heavy (non-hydrogen) atoms. The number of aliphatic hydroxyl groups excluding tert-OH is 1. The van der Waals surface area contributed by atoms with Crippen LogP contribution in [-0.2, 0) is 4.74 Å². The van der Waals surface area contributed by atoms with Crippen molar-refractivity contribution in [3.05, 3.63) is 0 Å². The Morgan fingerprint density at radius 1 is 1.27 bits per heavy atom. The molecule has 2 aliphatic heterocycles. The van der Waals surface area contributed by atoms with Crippen molar-refractivity contribution in [2.24, 2.45) is 17.6 Å². The fourth-order valence-corrected chi connectivity index (χ4v) is 2.45. The molecule has 64 valence electrons. The summed E-state index contributed by atoms with van der Waals surface area (Å²) in [4.78, 5) is 0. The standard InChI is InChI=1S/C8H15NO2/c9-3-5-6(4-10)8-2-1-7(5)11-8/h5-8,10H,1-4,9H2/t5-,6+,7-,8+/m0/s1. The first kappa shape index (κ1) is 7.53. The molecule has 0 aliphatic carbocycles. The molecule has 4 atom stereocenters. The molecular formula is C8H15NO2. The molecule has 2 bridgehead atoms. The van der Waals surface area contributed by atoms with E-state index in [9.17, 15) is 0 Å². The van der Waals surface area contributed by atoms with E-state index in [1.807, 2.05) is 0 Å². The van der Waals surface area contributed by atoms with Gasteiger partial charge in [0.2, 0.25) is 0 Å². The molecule has 0 saturated carbocycles. The Balaban J connectivity index is 2.08. The van der Waals surface area contributed by atoms with Gasteiger partial charge < -0.3 is 15.6 Å². The van der Waals surface area contributed by atoms with Crippen LogP contribution in [0.2, 0.25) is 0 Å². The molecule has 3 heteroatoms. The molecule has 0 aromatic rings. The van der Waals surface area contributed by atoms with Gasteiger partial charge in [-0.25, -0.2) is 0 Å². The Labute approximate surface area is 66.5 Å². The highest BCUT2D eigenvalue weighted by Crippen LogP contribution is 2.42. The maximum absolute atomic E-state index is 9.05. The smallest absolute Gasteiger partial charge is 0.0634 e. The molecule has 0 radical (unpaired) electrons. The summed E-state index contributed by atoms with van der Waals surface area (Å²) in [6, 6.07) is 0. The van der Waals surface area contributed by atoms with Gasteiger partial charge in [-0.1, -0.05) is 0 Å². The van der Waals surface area contributed by atoms with E-state index in [2.05, 4.69) is 0 Å². The first-order valence-corrected chi connectivity index (χ1v) is 4.33. The first-order valence-electron chi connectivity index (χ1n) is 4.33. The van der Waals surface area contributed by atoms with Crippen LogP contribution in [0.5, 0.6) is 0 Å². The van der Waals surface area contributed by atoms with Crippen molar-refractivity contribution in [2.45, 2.75) is 25.0 Å². The molecule has 0 spiro atoms. The van der Waals surface area contributed by atoms with E-state index >= 15 is 0 Å². The fourth-order valence-electron chi connectivity index (χ4n) is 2.45. The molecular weight excluding hydrogens is 142 g/mol. The molecule has 3 N–H and O–H groups in total. The summed E-state index contributed by atoms with van der Waals surface area (Å²) in [6.45, 7) is 0.898. The fraction of sp³-hybridized carbons (Fsp3) is 1.00. The second-order valence-corrected chi connectivity index (χ2v) is 3.54. The van der Waals surface area contributed by atoms with Crippen molar-refractivity contribution in [3.8, 4) is 0 Å². The number of hydrogen-bond donors (Lipinski definition) is 2. The zero-order chi connectivity index (χ0) is 7.84. The number of nitrogens with two attached hydrogens (primary N) is 1. The van der Waals surface area contributed by atoms with Crippen molar-refractivity contribution in [1.82, 2.24) is 0 Å². The molecule has 0 aromatic heterocycles. The Bertz CT molecular complexity index is 135. The second-order valence-electron chi connectivity index (χ2n) is 3.54. The van der Waals surface area contributed by atoms with E-state index in [0.29, 0.717) is 30.6 Å². The second kappa shape index (κ2) is 2.73. The highest BCUT2D eigenvalue weighted by Gasteiger charge is 2.47. The van der Waals surface area contributed by atoms with E-state index < -0.39 is 0 Å². The monoisotopic (exact) mass is 157 g/mol. The minimum Gasteiger partial charge on any atom is -0.396 e. The highest BCUT2D eigenvalue weighted by molar-refractivity contribution is 4.96. The Kier molecular flexibility index (Phi) is 1.87. The molecule has 2 saturated heterocycles. The molecule has 3 nitrogen and oxygen atoms in total. The lowest BCUT2D eigenvalue weighted by atomic mass is 9.80. The summed E-state index contributed by atoms with van der Waals surface area (Å²) >= 11 is 0. The number of hydrogen-bond acceptors (Lipinski definition) is 3. The third-order valence-electron chi connectivity index (χ3n) is 3.07. The SMILES string of the molecule is NC[C@H]1[C@@H](CO)[C@H]2CC[C@@H]1O2. The predicted molar refractivity (Wildman–Crippen MR) is 41.0 cm³/mol. The average Bonchev–Trinajstić information content (AvgIpc) is 2.60. The summed E-state index contributed by atoms with van der Waals surface area (Å²) in [5, 5.41) is 9.05. The molecule has 2 heterocycles. The number of rotatable bonds is 2.